The Morgan fingerprint density at radius 1 is 1.31 bits per heavy atom. The second-order valence-corrected chi connectivity index (χ2v) is 7.34. The van der Waals surface area contributed by atoms with E-state index in [1.165, 1.54) is 0 Å². The molecule has 1 N–H and O–H groups in total. The maximum Gasteiger partial charge on any atom is 0.189 e. The molecule has 0 radical (unpaired) electrons. The van der Waals surface area contributed by atoms with Gasteiger partial charge < -0.3 is 9.72 Å². The third kappa shape index (κ3) is 3.35. The van der Waals surface area contributed by atoms with E-state index in [-0.39, 0.29) is 5.78 Å². The van der Waals surface area contributed by atoms with Gasteiger partial charge in [0, 0.05) is 34.8 Å². The van der Waals surface area contributed by atoms with Gasteiger partial charge in [0.25, 0.3) is 0 Å². The second kappa shape index (κ2) is 7.30. The number of hydrogen-bond acceptors (Lipinski definition) is 4. The van der Waals surface area contributed by atoms with Crippen LogP contribution in [0.1, 0.15) is 38.6 Å². The molecule has 0 bridgehead atoms. The number of allylic oxidation sites excluding steroid dienone is 1. The van der Waals surface area contributed by atoms with Gasteiger partial charge in [-0.2, -0.15) is 0 Å². The first-order chi connectivity index (χ1) is 12.7. The van der Waals surface area contributed by atoms with Gasteiger partial charge in [-0.25, -0.2) is 4.98 Å². The molecule has 0 unspecified atom stereocenters. The van der Waals surface area contributed by atoms with E-state index in [0.29, 0.717) is 6.61 Å². The summed E-state index contributed by atoms with van der Waals surface area (Å²) in [5.74, 6) is 1.91. The van der Waals surface area contributed by atoms with E-state index in [1.54, 1.807) is 17.5 Å². The van der Waals surface area contributed by atoms with E-state index in [9.17, 15) is 4.79 Å². The van der Waals surface area contributed by atoms with Gasteiger partial charge >= 0.3 is 0 Å². The molecule has 0 fully saturated rings. The largest absolute Gasteiger partial charge is 0.493 e. The summed E-state index contributed by atoms with van der Waals surface area (Å²) in [6.07, 6.45) is 7.97. The third-order valence-corrected chi connectivity index (χ3v) is 5.56. The number of carbonyl (C=O) groups is 1. The highest BCUT2D eigenvalue weighted by molar-refractivity contribution is 7.10. The Bertz CT molecular complexity index is 941. The number of ether oxygens (including phenoxy) is 1. The highest BCUT2D eigenvalue weighted by Gasteiger charge is 2.24. The molecule has 0 aliphatic heterocycles. The molecule has 132 valence electrons. The van der Waals surface area contributed by atoms with Gasteiger partial charge in [0.1, 0.15) is 11.6 Å². The third-order valence-electron chi connectivity index (χ3n) is 4.74. The van der Waals surface area contributed by atoms with Crippen LogP contribution in [0.25, 0.3) is 6.08 Å². The molecule has 0 saturated heterocycles. The van der Waals surface area contributed by atoms with Gasteiger partial charge in [0.2, 0.25) is 0 Å². The maximum atomic E-state index is 12.9. The van der Waals surface area contributed by atoms with Crippen molar-refractivity contribution in [2.45, 2.75) is 26.2 Å². The SMILES string of the molecule is Cc1c(OCCc2ncc[nH]2)ccc2c1CC/C(=C\c1cccs1)C2=O. The van der Waals surface area contributed by atoms with Crippen molar-refractivity contribution in [3.63, 3.8) is 0 Å². The van der Waals surface area contributed by atoms with Gasteiger partial charge in [-0.05, 0) is 60.5 Å². The van der Waals surface area contributed by atoms with Crippen molar-refractivity contribution >= 4 is 23.2 Å². The molecular weight excluding hydrogens is 344 g/mol. The summed E-state index contributed by atoms with van der Waals surface area (Å²) in [5.41, 5.74) is 3.90. The lowest BCUT2D eigenvalue weighted by Crippen LogP contribution is -2.16. The number of fused-ring (bicyclic) bond motifs is 1. The fourth-order valence-electron chi connectivity index (χ4n) is 3.35. The number of aromatic amines is 1. The summed E-state index contributed by atoms with van der Waals surface area (Å²) < 4.78 is 5.94. The average Bonchev–Trinajstić information content (AvgIpc) is 3.33. The number of Topliss-reactive ketones (excluding diaryl/α,β-unsaturated/α-hetero) is 1. The summed E-state index contributed by atoms with van der Waals surface area (Å²) in [5, 5.41) is 2.03. The van der Waals surface area contributed by atoms with Crippen LogP contribution in [-0.4, -0.2) is 22.4 Å². The number of nitrogens with zero attached hydrogens (tertiary/aromatic N) is 1. The van der Waals surface area contributed by atoms with Gasteiger partial charge in [-0.1, -0.05) is 6.07 Å². The Kier molecular flexibility index (Phi) is 4.71. The fourth-order valence-corrected chi connectivity index (χ4v) is 4.03. The van der Waals surface area contributed by atoms with Crippen molar-refractivity contribution < 1.29 is 9.53 Å². The number of imidazole rings is 1. The van der Waals surface area contributed by atoms with Gasteiger partial charge in [0.05, 0.1) is 6.61 Å². The molecule has 5 heteroatoms. The summed E-state index contributed by atoms with van der Waals surface area (Å²) in [4.78, 5) is 21.3. The molecule has 1 aromatic carbocycles. The first-order valence-electron chi connectivity index (χ1n) is 8.74. The molecular formula is C21H20N2O2S. The van der Waals surface area contributed by atoms with Crippen LogP contribution < -0.4 is 4.74 Å². The molecule has 1 aliphatic rings. The number of rotatable bonds is 5. The normalized spacial score (nSPS) is 15.3. The predicted octanol–water partition coefficient (Wildman–Crippen LogP) is 4.61. The molecule has 0 amide bonds. The van der Waals surface area contributed by atoms with Crippen molar-refractivity contribution in [3.05, 3.63) is 75.0 Å². The number of carbonyl (C=O) groups excluding carboxylic acids is 1. The zero-order chi connectivity index (χ0) is 17.9. The standard InChI is InChI=1S/C21H20N2O2S/c1-14-17-5-4-15(13-16-3-2-12-26-16)21(24)18(17)6-7-19(14)25-11-8-20-22-9-10-23-20/h2-3,6-7,9-10,12-13H,4-5,8,11H2,1H3,(H,22,23)/b15-13+. The number of aromatic nitrogens is 2. The summed E-state index contributed by atoms with van der Waals surface area (Å²) in [6.45, 7) is 2.60. The topological polar surface area (TPSA) is 55.0 Å². The number of ketones is 1. The summed E-state index contributed by atoms with van der Waals surface area (Å²) in [6, 6.07) is 7.88. The van der Waals surface area contributed by atoms with Crippen molar-refractivity contribution in [1.29, 1.82) is 0 Å². The van der Waals surface area contributed by atoms with Gasteiger partial charge in [-0.3, -0.25) is 4.79 Å². The summed E-state index contributed by atoms with van der Waals surface area (Å²) in [7, 11) is 0. The van der Waals surface area contributed by atoms with Gasteiger partial charge in [0.15, 0.2) is 5.78 Å². The predicted molar refractivity (Wildman–Crippen MR) is 104 cm³/mol. The Balaban J connectivity index is 1.52. The van der Waals surface area contributed by atoms with Crippen LogP contribution in [0.2, 0.25) is 0 Å². The van der Waals surface area contributed by atoms with Crippen molar-refractivity contribution in [2.24, 2.45) is 0 Å². The first kappa shape index (κ1) is 16.8. The van der Waals surface area contributed by atoms with Crippen LogP contribution in [-0.2, 0) is 12.8 Å². The number of hydrogen-bond donors (Lipinski definition) is 1. The van der Waals surface area contributed by atoms with E-state index in [4.69, 9.17) is 4.74 Å². The van der Waals surface area contributed by atoms with Crippen LogP contribution in [0.15, 0.2) is 47.6 Å². The fraction of sp³-hybridized carbons (Fsp3) is 0.238. The first-order valence-corrected chi connectivity index (χ1v) is 9.62. The molecule has 0 spiro atoms. The number of nitrogens with one attached hydrogen (secondary N) is 1. The lowest BCUT2D eigenvalue weighted by molar-refractivity contribution is 0.102. The van der Waals surface area contributed by atoms with Crippen LogP contribution in [0.4, 0.5) is 0 Å². The van der Waals surface area contributed by atoms with Crippen molar-refractivity contribution in [1.82, 2.24) is 9.97 Å². The van der Waals surface area contributed by atoms with E-state index < -0.39 is 0 Å². The Hall–Kier alpha value is -2.66. The minimum atomic E-state index is 0.143. The summed E-state index contributed by atoms with van der Waals surface area (Å²) >= 11 is 1.66. The lowest BCUT2D eigenvalue weighted by Gasteiger charge is -2.21. The van der Waals surface area contributed by atoms with Crippen LogP contribution in [0.5, 0.6) is 5.75 Å². The molecule has 3 aromatic rings. The average molecular weight is 364 g/mol. The molecule has 2 aromatic heterocycles. The Labute approximate surface area is 156 Å². The quantitative estimate of drug-likeness (QED) is 0.673. The maximum absolute atomic E-state index is 12.9. The molecule has 0 saturated carbocycles. The second-order valence-electron chi connectivity index (χ2n) is 6.36. The van der Waals surface area contributed by atoms with E-state index in [0.717, 1.165) is 58.0 Å². The molecule has 1 aliphatic carbocycles. The number of thiophene rings is 1. The van der Waals surface area contributed by atoms with E-state index >= 15 is 0 Å². The Morgan fingerprint density at radius 3 is 3.00 bits per heavy atom. The zero-order valence-electron chi connectivity index (χ0n) is 14.6. The number of benzene rings is 1. The van der Waals surface area contributed by atoms with Crippen LogP contribution in [0.3, 0.4) is 0 Å². The molecule has 4 nitrogen and oxygen atoms in total. The molecule has 26 heavy (non-hydrogen) atoms. The number of H-pyrrole nitrogens is 1. The van der Waals surface area contributed by atoms with Crippen molar-refractivity contribution in [3.8, 4) is 5.75 Å². The molecule has 0 atom stereocenters. The zero-order valence-corrected chi connectivity index (χ0v) is 15.4. The minimum Gasteiger partial charge on any atom is -0.493 e. The van der Waals surface area contributed by atoms with Crippen LogP contribution in [0, 0.1) is 6.92 Å². The van der Waals surface area contributed by atoms with E-state index in [2.05, 4.69) is 9.97 Å². The molecule has 2 heterocycles. The van der Waals surface area contributed by atoms with Gasteiger partial charge in [-0.15, -0.1) is 11.3 Å². The van der Waals surface area contributed by atoms with Crippen molar-refractivity contribution in [2.75, 3.05) is 6.61 Å². The van der Waals surface area contributed by atoms with E-state index in [1.807, 2.05) is 48.8 Å². The van der Waals surface area contributed by atoms with Crippen LogP contribution >= 0.6 is 11.3 Å². The minimum absolute atomic E-state index is 0.143. The Morgan fingerprint density at radius 2 is 2.23 bits per heavy atom. The monoisotopic (exact) mass is 364 g/mol. The highest BCUT2D eigenvalue weighted by Crippen LogP contribution is 2.33. The lowest BCUT2D eigenvalue weighted by atomic mass is 9.84. The highest BCUT2D eigenvalue weighted by atomic mass is 32.1. The smallest absolute Gasteiger partial charge is 0.189 e. The molecule has 4 rings (SSSR count).